The molecule has 0 aliphatic carbocycles. The van der Waals surface area contributed by atoms with E-state index in [9.17, 15) is 28.8 Å². The molecule has 152 valence electrons. The summed E-state index contributed by atoms with van der Waals surface area (Å²) in [4.78, 5) is 0.116. The van der Waals surface area contributed by atoms with Gasteiger partial charge in [0.05, 0.1) is 11.5 Å². The van der Waals surface area contributed by atoms with E-state index in [-0.39, 0.29) is 4.90 Å². The molecule has 0 aromatic heterocycles. The molecule has 1 aliphatic rings. The van der Waals surface area contributed by atoms with Crippen molar-refractivity contribution in [2.75, 3.05) is 13.7 Å². The van der Waals surface area contributed by atoms with E-state index in [2.05, 4.69) is 4.72 Å². The Morgan fingerprint density at radius 3 is 2.25 bits per heavy atom. The first kappa shape index (κ1) is 20.9. The van der Waals surface area contributed by atoms with Crippen LogP contribution in [0.1, 0.15) is 11.7 Å². The predicted octanol–water partition coefficient (Wildman–Crippen LogP) is -0.223. The van der Waals surface area contributed by atoms with Crippen LogP contribution >= 0.6 is 0 Å². The summed E-state index contributed by atoms with van der Waals surface area (Å²) in [5.41, 5.74) is 1.85. The molecule has 1 aliphatic heterocycles. The molecule has 1 fully saturated rings. The summed E-state index contributed by atoms with van der Waals surface area (Å²) in [5.74, 6) is 0. The molecule has 2 aromatic rings. The average molecular weight is 409 g/mol. The number of hydrogen-bond acceptors (Lipinski definition) is 7. The minimum absolute atomic E-state index is 0.116. The summed E-state index contributed by atoms with van der Waals surface area (Å²) in [6, 6.07) is 13.3. The lowest BCUT2D eigenvalue weighted by Crippen LogP contribution is -2.55. The molecule has 3 rings (SSSR count). The van der Waals surface area contributed by atoms with Gasteiger partial charge in [-0.3, -0.25) is 0 Å². The maximum atomic E-state index is 12.0. The van der Waals surface area contributed by atoms with Crippen LogP contribution in [0.4, 0.5) is 0 Å². The van der Waals surface area contributed by atoms with Crippen molar-refractivity contribution in [3.05, 3.63) is 54.1 Å². The topological polar surface area (TPSA) is 136 Å². The average Bonchev–Trinajstić information content (AvgIpc) is 2.72. The summed E-state index contributed by atoms with van der Waals surface area (Å²) in [5, 5.41) is 39.6. The van der Waals surface area contributed by atoms with Crippen LogP contribution in [0.15, 0.2) is 53.4 Å². The Kier molecular flexibility index (Phi) is 6.15. The van der Waals surface area contributed by atoms with Crippen molar-refractivity contribution in [1.82, 2.24) is 4.72 Å². The smallest absolute Gasteiger partial charge is 0.240 e. The van der Waals surface area contributed by atoms with Crippen molar-refractivity contribution in [3.8, 4) is 11.1 Å². The lowest BCUT2D eigenvalue weighted by Gasteiger charge is -2.40. The van der Waals surface area contributed by atoms with Gasteiger partial charge in [-0.05, 0) is 41.9 Å². The van der Waals surface area contributed by atoms with Gasteiger partial charge in [-0.2, -0.15) is 0 Å². The van der Waals surface area contributed by atoms with Crippen molar-refractivity contribution in [2.24, 2.45) is 0 Å². The van der Waals surface area contributed by atoms with Crippen LogP contribution in [0.5, 0.6) is 0 Å². The molecule has 0 amide bonds. The molecule has 1 saturated heterocycles. The number of sulfonamides is 1. The molecule has 5 N–H and O–H groups in total. The zero-order chi connectivity index (χ0) is 20.5. The van der Waals surface area contributed by atoms with E-state index < -0.39 is 47.2 Å². The van der Waals surface area contributed by atoms with Crippen molar-refractivity contribution in [2.45, 2.75) is 35.4 Å². The largest absolute Gasteiger partial charge is 0.394 e. The fourth-order valence-electron chi connectivity index (χ4n) is 3.23. The number of ether oxygens (including phenoxy) is 1. The molecule has 2 aromatic carbocycles. The summed E-state index contributed by atoms with van der Waals surface area (Å²) >= 11 is 0. The van der Waals surface area contributed by atoms with Crippen molar-refractivity contribution >= 4 is 10.0 Å². The van der Waals surface area contributed by atoms with E-state index >= 15 is 0 Å². The van der Waals surface area contributed by atoms with Crippen molar-refractivity contribution in [1.29, 1.82) is 0 Å². The zero-order valence-electron chi connectivity index (χ0n) is 15.1. The highest BCUT2D eigenvalue weighted by Crippen LogP contribution is 2.34. The Morgan fingerprint density at radius 2 is 1.61 bits per heavy atom. The molecule has 0 bridgehead atoms. The Balaban J connectivity index is 1.96. The number of nitrogens with one attached hydrogen (secondary N) is 1. The molecule has 0 unspecified atom stereocenters. The van der Waals surface area contributed by atoms with Crippen molar-refractivity contribution < 1.29 is 33.6 Å². The fourth-order valence-corrected chi connectivity index (χ4v) is 4.01. The number of aliphatic hydroxyl groups excluding tert-OH is 4. The standard InChI is InChI=1S/C19H23NO7S/c1-20-28(25,26)14-7-3-5-12(9-14)11-4-2-6-13(8-11)19-18(24)17(23)16(22)15(10-21)27-19/h2-9,15-24H,10H2,1H3/t15-,16-,17+,18+,19-/m1/s1. The molecule has 28 heavy (non-hydrogen) atoms. The summed E-state index contributed by atoms with van der Waals surface area (Å²) in [7, 11) is -2.26. The molecule has 0 radical (unpaired) electrons. The molecule has 1 heterocycles. The SMILES string of the molecule is CNS(=O)(=O)c1cccc(-c2cccc([C@H]3O[C@H](CO)[C@@H](O)[C@H](O)[C@@H]3O)c2)c1. The normalized spacial score (nSPS) is 28.2. The lowest BCUT2D eigenvalue weighted by atomic mass is 9.90. The third kappa shape index (κ3) is 3.96. The lowest BCUT2D eigenvalue weighted by molar-refractivity contribution is -0.231. The van der Waals surface area contributed by atoms with Gasteiger partial charge in [0.25, 0.3) is 0 Å². The predicted molar refractivity (Wildman–Crippen MR) is 101 cm³/mol. The van der Waals surface area contributed by atoms with E-state index in [1.165, 1.54) is 19.2 Å². The van der Waals surface area contributed by atoms with Crippen LogP contribution in [-0.2, 0) is 14.8 Å². The Morgan fingerprint density at radius 1 is 0.964 bits per heavy atom. The van der Waals surface area contributed by atoms with E-state index in [1.54, 1.807) is 36.4 Å². The molecule has 5 atom stereocenters. The number of rotatable bonds is 5. The monoisotopic (exact) mass is 409 g/mol. The van der Waals surface area contributed by atoms with Crippen LogP contribution < -0.4 is 4.72 Å². The van der Waals surface area contributed by atoms with Gasteiger partial charge >= 0.3 is 0 Å². The van der Waals surface area contributed by atoms with E-state index in [0.717, 1.165) is 0 Å². The van der Waals surface area contributed by atoms with Crippen molar-refractivity contribution in [3.63, 3.8) is 0 Å². The maximum Gasteiger partial charge on any atom is 0.240 e. The summed E-state index contributed by atoms with van der Waals surface area (Å²) < 4.78 is 31.9. The van der Waals surface area contributed by atoms with E-state index in [4.69, 9.17) is 4.74 Å². The first-order chi connectivity index (χ1) is 13.3. The summed E-state index contributed by atoms with van der Waals surface area (Å²) in [6.45, 7) is -0.509. The summed E-state index contributed by atoms with van der Waals surface area (Å²) in [6.07, 6.45) is -6.24. The number of benzene rings is 2. The highest BCUT2D eigenvalue weighted by molar-refractivity contribution is 7.89. The second-order valence-corrected chi connectivity index (χ2v) is 8.50. The van der Waals surface area contributed by atoms with Gasteiger partial charge in [-0.1, -0.05) is 30.3 Å². The van der Waals surface area contributed by atoms with Gasteiger partial charge in [-0.25, -0.2) is 13.1 Å². The highest BCUT2D eigenvalue weighted by Gasteiger charge is 2.43. The Hall–Kier alpha value is -1.85. The van der Waals surface area contributed by atoms with Gasteiger partial charge in [0, 0.05) is 0 Å². The van der Waals surface area contributed by atoms with Crippen LogP contribution in [-0.4, -0.2) is 66.9 Å². The van der Waals surface area contributed by atoms with Crippen LogP contribution in [0.25, 0.3) is 11.1 Å². The van der Waals surface area contributed by atoms with Crippen LogP contribution in [0, 0.1) is 0 Å². The van der Waals surface area contributed by atoms with E-state index in [0.29, 0.717) is 16.7 Å². The Bertz CT molecular complexity index is 931. The second-order valence-electron chi connectivity index (χ2n) is 6.61. The molecule has 8 nitrogen and oxygen atoms in total. The van der Waals surface area contributed by atoms with Gasteiger partial charge in [-0.15, -0.1) is 0 Å². The first-order valence-corrected chi connectivity index (χ1v) is 10.2. The van der Waals surface area contributed by atoms with Gasteiger partial charge in [0.2, 0.25) is 10.0 Å². The molecule has 0 spiro atoms. The first-order valence-electron chi connectivity index (χ1n) is 8.73. The van der Waals surface area contributed by atoms with E-state index in [1.807, 2.05) is 0 Å². The van der Waals surface area contributed by atoms with Gasteiger partial charge < -0.3 is 25.2 Å². The number of aliphatic hydroxyl groups is 4. The molecule has 0 saturated carbocycles. The number of hydrogen-bond donors (Lipinski definition) is 5. The zero-order valence-corrected chi connectivity index (χ0v) is 16.0. The fraction of sp³-hybridized carbons (Fsp3) is 0.368. The minimum Gasteiger partial charge on any atom is -0.394 e. The maximum absolute atomic E-state index is 12.0. The van der Waals surface area contributed by atoms with Gasteiger partial charge in [0.15, 0.2) is 0 Å². The van der Waals surface area contributed by atoms with Gasteiger partial charge in [0.1, 0.15) is 30.5 Å². The third-order valence-electron chi connectivity index (χ3n) is 4.85. The quantitative estimate of drug-likeness (QED) is 0.460. The molecule has 9 heteroatoms. The molecular weight excluding hydrogens is 386 g/mol. The highest BCUT2D eigenvalue weighted by atomic mass is 32.2. The Labute approximate surface area is 163 Å². The second kappa shape index (κ2) is 8.26. The molecular formula is C19H23NO7S. The third-order valence-corrected chi connectivity index (χ3v) is 6.27. The minimum atomic E-state index is -3.60. The van der Waals surface area contributed by atoms with Crippen LogP contribution in [0.3, 0.4) is 0 Å². The van der Waals surface area contributed by atoms with Crippen LogP contribution in [0.2, 0.25) is 0 Å².